The summed E-state index contributed by atoms with van der Waals surface area (Å²) in [7, 11) is 0. The summed E-state index contributed by atoms with van der Waals surface area (Å²) in [5.41, 5.74) is -0.356. The van der Waals surface area contributed by atoms with Crippen molar-refractivity contribution >= 4 is 35.0 Å². The van der Waals surface area contributed by atoms with Gasteiger partial charge in [-0.25, -0.2) is 9.59 Å². The van der Waals surface area contributed by atoms with Gasteiger partial charge in [-0.15, -0.1) is 0 Å². The molecule has 0 aliphatic rings. The Morgan fingerprint density at radius 2 is 0.935 bits per heavy atom. The fourth-order valence-electron chi connectivity index (χ4n) is 1.79. The summed E-state index contributed by atoms with van der Waals surface area (Å²) in [6.07, 6.45) is 0. The topological polar surface area (TPSA) is 145 Å². The second-order valence-electron chi connectivity index (χ2n) is 5.52. The first-order valence-corrected chi connectivity index (χ1v) is 9.66. The van der Waals surface area contributed by atoms with Crippen molar-refractivity contribution < 1.29 is 30.0 Å². The van der Waals surface area contributed by atoms with Gasteiger partial charge in [0.05, 0.1) is 11.1 Å². The zero-order chi connectivity index (χ0) is 23.4. The van der Waals surface area contributed by atoms with Crippen LogP contribution >= 0.6 is 0 Å². The molecule has 0 aliphatic heterocycles. The van der Waals surface area contributed by atoms with Crippen molar-refractivity contribution in [3.8, 4) is 11.5 Å². The van der Waals surface area contributed by atoms with Crippen molar-refractivity contribution in [3.05, 3.63) is 59.7 Å². The van der Waals surface area contributed by atoms with Crippen LogP contribution in [-0.2, 0) is 0 Å². The summed E-state index contributed by atoms with van der Waals surface area (Å²) in [5, 5.41) is 44.3. The van der Waals surface area contributed by atoms with Crippen molar-refractivity contribution in [2.75, 3.05) is 26.2 Å². The van der Waals surface area contributed by atoms with Crippen molar-refractivity contribution in [1.82, 2.24) is 10.6 Å². The third kappa shape index (κ3) is 18.2. The number of benzene rings is 2. The van der Waals surface area contributed by atoms with E-state index in [0.717, 1.165) is 26.2 Å². The van der Waals surface area contributed by atoms with E-state index in [4.69, 9.17) is 10.2 Å². The maximum Gasteiger partial charge on any atom is 2.00 e. The number of nitrogens with one attached hydrogen (secondary N) is 2. The van der Waals surface area contributed by atoms with E-state index in [9.17, 15) is 19.8 Å². The van der Waals surface area contributed by atoms with Crippen LogP contribution in [0.4, 0.5) is 0 Å². The quantitative estimate of drug-likeness (QED) is 0.493. The van der Waals surface area contributed by atoms with E-state index < -0.39 is 23.4 Å². The molecule has 2 aromatic carbocycles. The van der Waals surface area contributed by atoms with E-state index in [1.54, 1.807) is 0 Å². The van der Waals surface area contributed by atoms with Crippen LogP contribution in [0.15, 0.2) is 48.5 Å². The smallest absolute Gasteiger partial charge is 0.872 e. The first kappa shape index (κ1) is 33.3. The molecule has 31 heavy (non-hydrogen) atoms. The number of para-hydroxylation sites is 2. The van der Waals surface area contributed by atoms with Crippen molar-refractivity contribution in [2.45, 2.75) is 27.7 Å². The average Bonchev–Trinajstić information content (AvgIpc) is 2.71. The molecule has 0 amide bonds. The predicted molar refractivity (Wildman–Crippen MR) is 120 cm³/mol. The Hall–Kier alpha value is -2.33. The monoisotopic (exact) mass is 444 g/mol. The van der Waals surface area contributed by atoms with Crippen LogP contribution < -0.4 is 20.8 Å². The Bertz CT molecular complexity index is 663. The zero-order valence-corrected chi connectivity index (χ0v) is 20.1. The molecule has 0 heterocycles. The Kier molecular flexibility index (Phi) is 24.0. The second kappa shape index (κ2) is 22.4. The summed E-state index contributed by atoms with van der Waals surface area (Å²) in [4.78, 5) is 20.4. The second-order valence-corrected chi connectivity index (χ2v) is 5.52. The van der Waals surface area contributed by atoms with Gasteiger partial charge in [0, 0.05) is 0 Å². The number of aromatic carboxylic acids is 2. The van der Waals surface area contributed by atoms with Gasteiger partial charge in [-0.2, -0.15) is 0 Å². The number of carboxylic acids is 2. The Morgan fingerprint density at radius 1 is 0.677 bits per heavy atom. The number of carboxylic acid groups (broad SMARTS) is 2. The van der Waals surface area contributed by atoms with Crippen LogP contribution in [0.25, 0.3) is 0 Å². The molecule has 168 valence electrons. The first-order chi connectivity index (χ1) is 14.3. The van der Waals surface area contributed by atoms with Crippen molar-refractivity contribution in [3.63, 3.8) is 0 Å². The normalized spacial score (nSPS) is 8.65. The fraction of sp³-hybridized carbons (Fsp3) is 0.364. The third-order valence-electron chi connectivity index (χ3n) is 3.23. The molecule has 2 rings (SSSR count). The summed E-state index contributed by atoms with van der Waals surface area (Å²) >= 11 is 0. The minimum atomic E-state index is -1.18. The molecule has 0 saturated heterocycles. The molecule has 0 aliphatic carbocycles. The molecule has 2 aromatic rings. The number of hydrogen-bond acceptors (Lipinski definition) is 6. The summed E-state index contributed by atoms with van der Waals surface area (Å²) < 4.78 is 0. The van der Waals surface area contributed by atoms with Crippen LogP contribution in [0.2, 0.25) is 0 Å². The average molecular weight is 445 g/mol. The van der Waals surface area contributed by atoms with E-state index in [1.165, 1.54) is 48.5 Å². The van der Waals surface area contributed by atoms with Gasteiger partial charge >= 0.3 is 35.0 Å². The van der Waals surface area contributed by atoms with Gasteiger partial charge in [-0.05, 0) is 38.3 Å². The van der Waals surface area contributed by atoms with E-state index >= 15 is 0 Å². The molecule has 0 saturated carbocycles. The largest absolute Gasteiger partial charge is 2.00 e. The van der Waals surface area contributed by atoms with Gasteiger partial charge in [-0.3, -0.25) is 0 Å². The molecule has 0 radical (unpaired) electrons. The summed E-state index contributed by atoms with van der Waals surface area (Å²) in [5.74, 6) is -3.25. The van der Waals surface area contributed by atoms with Crippen LogP contribution in [0.5, 0.6) is 11.5 Å². The zero-order valence-electron chi connectivity index (χ0n) is 18.7. The maximum atomic E-state index is 10.7. The summed E-state index contributed by atoms with van der Waals surface area (Å²) in [6.45, 7) is 12.8. The van der Waals surface area contributed by atoms with Crippen molar-refractivity contribution in [1.29, 1.82) is 0 Å². The Morgan fingerprint density at radius 3 is 1.06 bits per heavy atom. The van der Waals surface area contributed by atoms with Crippen LogP contribution in [0.1, 0.15) is 48.4 Å². The Balaban J connectivity index is -0.000000353. The molecule has 0 fully saturated rings. The molecule has 4 N–H and O–H groups in total. The van der Waals surface area contributed by atoms with Crippen LogP contribution in [0, 0.1) is 0 Å². The molecule has 0 bridgehead atoms. The van der Waals surface area contributed by atoms with E-state index in [2.05, 4.69) is 38.3 Å². The number of rotatable bonds is 6. The molecule has 0 atom stereocenters. The summed E-state index contributed by atoms with van der Waals surface area (Å²) in [6, 6.07) is 11.1. The Labute approximate surface area is 200 Å². The van der Waals surface area contributed by atoms with Gasteiger partial charge in [-0.1, -0.05) is 75.6 Å². The van der Waals surface area contributed by atoms with Gasteiger partial charge in [0.1, 0.15) is 0 Å². The van der Waals surface area contributed by atoms with Gasteiger partial charge in [0.2, 0.25) is 0 Å². The van der Waals surface area contributed by atoms with Crippen molar-refractivity contribution in [2.24, 2.45) is 0 Å². The van der Waals surface area contributed by atoms with Crippen LogP contribution in [-0.4, -0.2) is 71.4 Å². The number of carbonyl (C=O) groups is 2. The van der Waals surface area contributed by atoms with Gasteiger partial charge in [0.25, 0.3) is 0 Å². The van der Waals surface area contributed by atoms with Crippen LogP contribution in [0.3, 0.4) is 0 Å². The standard InChI is InChI=1S/2C7H6O3.2C4H11N.Mg/c2*8-6-4-2-1-3-5(6)7(9)10;2*1-3-5-4-2;/h2*1-4,8H,(H,9,10);2*5H,3-4H2,1-2H3;/q;;;;+2/p-2. The van der Waals surface area contributed by atoms with Gasteiger partial charge in [0.15, 0.2) is 0 Å². The SMILES string of the molecule is CCNCC.CCNCC.O=C(O)c1ccccc1[O-].O=C(O)c1ccccc1[O-].[Mg+2]. The minimum Gasteiger partial charge on any atom is -0.872 e. The number of hydrogen-bond donors (Lipinski definition) is 4. The maximum absolute atomic E-state index is 10.7. The third-order valence-corrected chi connectivity index (χ3v) is 3.23. The first-order valence-electron chi connectivity index (χ1n) is 9.66. The molecular formula is C22H32MgN2O6. The molecular weight excluding hydrogens is 413 g/mol. The molecule has 9 heteroatoms. The van der Waals surface area contributed by atoms with E-state index in [0.29, 0.717) is 0 Å². The fourth-order valence-corrected chi connectivity index (χ4v) is 1.79. The molecule has 0 aromatic heterocycles. The molecule has 0 unspecified atom stereocenters. The van der Waals surface area contributed by atoms with Gasteiger partial charge < -0.3 is 31.1 Å². The molecule has 8 nitrogen and oxygen atoms in total. The van der Waals surface area contributed by atoms with E-state index in [-0.39, 0.29) is 34.2 Å². The minimum absolute atomic E-state index is 0. The molecule has 0 spiro atoms. The van der Waals surface area contributed by atoms with E-state index in [1.807, 2.05) is 0 Å². The predicted octanol–water partition coefficient (Wildman–Crippen LogP) is 1.77.